The zero-order valence-corrected chi connectivity index (χ0v) is 14.1. The van der Waals surface area contributed by atoms with Gasteiger partial charge in [0.15, 0.2) is 5.17 Å². The van der Waals surface area contributed by atoms with Gasteiger partial charge in [0.05, 0.1) is 28.3 Å². The quantitative estimate of drug-likeness (QED) is 0.620. The predicted molar refractivity (Wildman–Crippen MR) is 89.9 cm³/mol. The summed E-state index contributed by atoms with van der Waals surface area (Å²) in [5.41, 5.74) is -1.96. The van der Waals surface area contributed by atoms with Gasteiger partial charge in [-0.05, 0) is 36.4 Å². The summed E-state index contributed by atoms with van der Waals surface area (Å²) in [6, 6.07) is 8.28. The maximum Gasteiger partial charge on any atom is 0.416 e. The Balaban J connectivity index is 1.99. The Labute approximate surface area is 153 Å². The van der Waals surface area contributed by atoms with E-state index in [1.807, 2.05) is 0 Å². The van der Waals surface area contributed by atoms with Crippen molar-refractivity contribution in [3.63, 3.8) is 0 Å². The fourth-order valence-electron chi connectivity index (χ4n) is 2.38. The highest BCUT2D eigenvalue weighted by Gasteiger charge is 2.34. The molecule has 1 aliphatic heterocycles. The van der Waals surface area contributed by atoms with Crippen LogP contribution in [0.2, 0.25) is 0 Å². The van der Waals surface area contributed by atoms with Crippen LogP contribution in [0, 0.1) is 0 Å². The van der Waals surface area contributed by atoms with Crippen molar-refractivity contribution in [1.82, 2.24) is 0 Å². The molecule has 0 aliphatic carbocycles. The molecule has 0 aromatic heterocycles. The number of amides is 1. The average molecular weight is 404 g/mol. The van der Waals surface area contributed by atoms with E-state index in [0.717, 1.165) is 53.1 Å². The summed E-state index contributed by atoms with van der Waals surface area (Å²) >= 11 is 0.939. The molecule has 1 heterocycles. The highest BCUT2D eigenvalue weighted by atomic mass is 32.2. The number of alkyl halides is 6. The van der Waals surface area contributed by atoms with E-state index in [0.29, 0.717) is 0 Å². The second-order valence-corrected chi connectivity index (χ2v) is 6.45. The number of amidine groups is 1. The molecule has 0 N–H and O–H groups in total. The molecule has 0 saturated carbocycles. The summed E-state index contributed by atoms with van der Waals surface area (Å²) in [7, 11) is 0. The van der Waals surface area contributed by atoms with E-state index in [2.05, 4.69) is 4.99 Å². The second-order valence-electron chi connectivity index (χ2n) is 5.51. The first kappa shape index (κ1) is 19.3. The smallest absolute Gasteiger partial charge is 0.273 e. The van der Waals surface area contributed by atoms with Gasteiger partial charge in [-0.25, -0.2) is 4.99 Å². The van der Waals surface area contributed by atoms with Crippen LogP contribution in [0.15, 0.2) is 53.5 Å². The Hall–Kier alpha value is -2.49. The molecule has 1 aliphatic rings. The maximum absolute atomic E-state index is 12.9. The predicted octanol–water partition coefficient (Wildman–Crippen LogP) is 5.49. The number of hydrogen-bond acceptors (Lipinski definition) is 3. The average Bonchev–Trinajstić information content (AvgIpc) is 2.94. The van der Waals surface area contributed by atoms with Gasteiger partial charge in [0.1, 0.15) is 0 Å². The van der Waals surface area contributed by atoms with Crippen LogP contribution in [0.5, 0.6) is 0 Å². The lowest BCUT2D eigenvalue weighted by atomic mass is 10.2. The van der Waals surface area contributed by atoms with Gasteiger partial charge < -0.3 is 0 Å². The van der Waals surface area contributed by atoms with Gasteiger partial charge in [-0.15, -0.1) is 0 Å². The van der Waals surface area contributed by atoms with Gasteiger partial charge in [0, 0.05) is 0 Å². The molecule has 10 heteroatoms. The monoisotopic (exact) mass is 404 g/mol. The summed E-state index contributed by atoms with van der Waals surface area (Å²) in [6.45, 7) is 0. The van der Waals surface area contributed by atoms with Crippen LogP contribution in [0.1, 0.15) is 11.1 Å². The van der Waals surface area contributed by atoms with E-state index in [4.69, 9.17) is 0 Å². The van der Waals surface area contributed by atoms with E-state index in [1.165, 1.54) is 12.1 Å². The molecule has 0 unspecified atom stereocenters. The van der Waals surface area contributed by atoms with Crippen molar-refractivity contribution in [3.05, 3.63) is 59.7 Å². The standard InChI is InChI=1S/C17H10F6N2OS/c18-16(19,20)10-3-1-5-12(7-10)24-15-25(14(26)9-27-15)13-6-2-4-11(8-13)17(21,22)23/h1-8H,9H2. The summed E-state index contributed by atoms with van der Waals surface area (Å²) < 4.78 is 77.2. The molecule has 0 spiro atoms. The first-order valence-corrected chi connectivity index (χ1v) is 8.43. The van der Waals surface area contributed by atoms with E-state index in [9.17, 15) is 31.1 Å². The Kier molecular flexibility index (Phi) is 4.94. The number of thioether (sulfide) groups is 1. The van der Waals surface area contributed by atoms with E-state index < -0.39 is 29.4 Å². The van der Waals surface area contributed by atoms with Crippen LogP contribution in [0.25, 0.3) is 0 Å². The van der Waals surface area contributed by atoms with Crippen LogP contribution < -0.4 is 4.90 Å². The Bertz CT molecular complexity index is 907. The zero-order valence-electron chi connectivity index (χ0n) is 13.3. The molecule has 0 bridgehead atoms. The van der Waals surface area contributed by atoms with Crippen LogP contribution in [0.4, 0.5) is 37.7 Å². The summed E-state index contributed by atoms with van der Waals surface area (Å²) in [5.74, 6) is -0.585. The van der Waals surface area contributed by atoms with Crippen LogP contribution >= 0.6 is 11.8 Å². The zero-order chi connectivity index (χ0) is 19.8. The molecule has 1 saturated heterocycles. The summed E-state index contributed by atoms with van der Waals surface area (Å²) in [6.07, 6.45) is -9.15. The number of anilines is 1. The van der Waals surface area contributed by atoms with Gasteiger partial charge in [-0.1, -0.05) is 23.9 Å². The first-order chi connectivity index (χ1) is 12.6. The number of nitrogens with zero attached hydrogens (tertiary/aromatic N) is 2. The third kappa shape index (κ3) is 4.26. The molecule has 1 fully saturated rings. The molecule has 0 atom stereocenters. The second kappa shape index (κ2) is 6.91. The van der Waals surface area contributed by atoms with Crippen LogP contribution in [-0.4, -0.2) is 16.8 Å². The number of hydrogen-bond donors (Lipinski definition) is 0. The van der Waals surface area contributed by atoms with Gasteiger partial charge in [-0.2, -0.15) is 26.3 Å². The third-order valence-corrected chi connectivity index (χ3v) is 4.52. The molecule has 3 nitrogen and oxygen atoms in total. The number of carbonyl (C=O) groups excluding carboxylic acids is 1. The minimum Gasteiger partial charge on any atom is -0.273 e. The molecule has 3 rings (SSSR count). The fraction of sp³-hybridized carbons (Fsp3) is 0.176. The van der Waals surface area contributed by atoms with Crippen molar-refractivity contribution in [2.24, 2.45) is 4.99 Å². The molecular weight excluding hydrogens is 394 g/mol. The molecule has 142 valence electrons. The lowest BCUT2D eigenvalue weighted by Gasteiger charge is -2.18. The SMILES string of the molecule is O=C1CSC(=Nc2cccc(C(F)(F)F)c2)N1c1cccc(C(F)(F)F)c1. The molecule has 2 aromatic carbocycles. The van der Waals surface area contributed by atoms with Crippen molar-refractivity contribution in [3.8, 4) is 0 Å². The number of carbonyl (C=O) groups is 1. The van der Waals surface area contributed by atoms with Crippen LogP contribution in [-0.2, 0) is 17.1 Å². The Morgan fingerprint density at radius 3 is 2.11 bits per heavy atom. The van der Waals surface area contributed by atoms with Crippen molar-refractivity contribution in [1.29, 1.82) is 0 Å². The van der Waals surface area contributed by atoms with Gasteiger partial charge in [0.25, 0.3) is 0 Å². The lowest BCUT2D eigenvalue weighted by Crippen LogP contribution is -2.29. The van der Waals surface area contributed by atoms with Gasteiger partial charge >= 0.3 is 12.4 Å². The van der Waals surface area contributed by atoms with Crippen molar-refractivity contribution in [2.45, 2.75) is 12.4 Å². The molecule has 2 aromatic rings. The number of benzene rings is 2. The minimum atomic E-state index is -4.59. The lowest BCUT2D eigenvalue weighted by molar-refractivity contribution is -0.138. The summed E-state index contributed by atoms with van der Waals surface area (Å²) in [4.78, 5) is 17.1. The van der Waals surface area contributed by atoms with Gasteiger partial charge in [-0.3, -0.25) is 9.69 Å². The molecule has 1 amide bonds. The first-order valence-electron chi connectivity index (χ1n) is 7.45. The highest BCUT2D eigenvalue weighted by molar-refractivity contribution is 8.15. The number of rotatable bonds is 2. The Morgan fingerprint density at radius 2 is 1.48 bits per heavy atom. The summed E-state index contributed by atoms with van der Waals surface area (Å²) in [5, 5.41) is 0.0126. The Morgan fingerprint density at radius 1 is 0.889 bits per heavy atom. The molecule has 27 heavy (non-hydrogen) atoms. The van der Waals surface area contributed by atoms with Crippen molar-refractivity contribution >= 4 is 34.2 Å². The topological polar surface area (TPSA) is 32.7 Å². The van der Waals surface area contributed by atoms with E-state index in [-0.39, 0.29) is 22.3 Å². The number of aliphatic imine (C=N–C) groups is 1. The highest BCUT2D eigenvalue weighted by Crippen LogP contribution is 2.36. The van der Waals surface area contributed by atoms with Gasteiger partial charge in [0.2, 0.25) is 5.91 Å². The number of halogens is 6. The minimum absolute atomic E-state index is 0.0126. The fourth-order valence-corrected chi connectivity index (χ4v) is 3.27. The van der Waals surface area contributed by atoms with E-state index >= 15 is 0 Å². The normalized spacial score (nSPS) is 17.0. The largest absolute Gasteiger partial charge is 0.416 e. The molecular formula is C17H10F6N2OS. The maximum atomic E-state index is 12.9. The van der Waals surface area contributed by atoms with Crippen molar-refractivity contribution in [2.75, 3.05) is 10.7 Å². The van der Waals surface area contributed by atoms with Crippen LogP contribution in [0.3, 0.4) is 0 Å². The van der Waals surface area contributed by atoms with E-state index in [1.54, 1.807) is 0 Å². The molecule has 0 radical (unpaired) electrons. The van der Waals surface area contributed by atoms with Crippen molar-refractivity contribution < 1.29 is 31.1 Å². The third-order valence-electron chi connectivity index (χ3n) is 3.60.